The van der Waals surface area contributed by atoms with E-state index in [2.05, 4.69) is 70.5 Å². The Morgan fingerprint density at radius 1 is 0.850 bits per heavy atom. The molecule has 20 heavy (non-hydrogen) atoms. The SMILES string of the molecule is Brc1ccccc1C1=CC2OC2C2=C1c1ccccc12. The predicted molar refractivity (Wildman–Crippen MR) is 84.0 cm³/mol. The van der Waals surface area contributed by atoms with Gasteiger partial charge in [0.25, 0.3) is 0 Å². The monoisotopic (exact) mass is 322 g/mol. The van der Waals surface area contributed by atoms with Crippen molar-refractivity contribution in [3.8, 4) is 0 Å². The lowest BCUT2D eigenvalue weighted by molar-refractivity contribution is 0.418. The van der Waals surface area contributed by atoms with Gasteiger partial charge in [0.2, 0.25) is 0 Å². The molecule has 0 saturated carbocycles. The first-order valence-electron chi connectivity index (χ1n) is 6.81. The number of ether oxygens (including phenoxy) is 1. The highest BCUT2D eigenvalue weighted by atomic mass is 79.9. The zero-order valence-corrected chi connectivity index (χ0v) is 12.2. The van der Waals surface area contributed by atoms with Crippen molar-refractivity contribution in [2.24, 2.45) is 0 Å². The first kappa shape index (κ1) is 11.1. The summed E-state index contributed by atoms with van der Waals surface area (Å²) >= 11 is 3.67. The van der Waals surface area contributed by atoms with Crippen LogP contribution >= 0.6 is 15.9 Å². The van der Waals surface area contributed by atoms with E-state index in [4.69, 9.17) is 4.74 Å². The fraction of sp³-hybridized carbons (Fsp3) is 0.111. The molecule has 5 rings (SSSR count). The molecule has 1 aliphatic heterocycles. The van der Waals surface area contributed by atoms with Crippen LogP contribution in [0.5, 0.6) is 0 Å². The summed E-state index contributed by atoms with van der Waals surface area (Å²) < 4.78 is 6.95. The number of epoxide rings is 1. The fourth-order valence-electron chi connectivity index (χ4n) is 3.37. The van der Waals surface area contributed by atoms with Crippen LogP contribution in [0.25, 0.3) is 16.7 Å². The Morgan fingerprint density at radius 2 is 1.55 bits per heavy atom. The molecule has 0 bridgehead atoms. The largest absolute Gasteiger partial charge is 0.360 e. The Hall–Kier alpha value is -1.64. The molecule has 1 nitrogen and oxygen atoms in total. The minimum absolute atomic E-state index is 0.268. The smallest absolute Gasteiger partial charge is 0.114 e. The number of hydrogen-bond acceptors (Lipinski definition) is 1. The quantitative estimate of drug-likeness (QED) is 0.702. The minimum Gasteiger partial charge on any atom is -0.360 e. The second-order valence-corrected chi connectivity index (χ2v) is 6.27. The van der Waals surface area contributed by atoms with Crippen LogP contribution in [-0.2, 0) is 4.74 Å². The van der Waals surface area contributed by atoms with Crippen molar-refractivity contribution in [1.29, 1.82) is 0 Å². The van der Waals surface area contributed by atoms with Gasteiger partial charge in [0.1, 0.15) is 12.2 Å². The van der Waals surface area contributed by atoms with Gasteiger partial charge in [-0.25, -0.2) is 0 Å². The molecule has 2 atom stereocenters. The maximum Gasteiger partial charge on any atom is 0.114 e. The van der Waals surface area contributed by atoms with Crippen LogP contribution in [0, 0.1) is 0 Å². The van der Waals surface area contributed by atoms with E-state index in [9.17, 15) is 0 Å². The van der Waals surface area contributed by atoms with Crippen LogP contribution in [0.4, 0.5) is 0 Å². The standard InChI is InChI=1S/C18H11BrO/c19-14-8-4-3-5-10(14)13-9-15-18(20-15)17-12-7-2-1-6-11(12)16(13)17/h1-9,15,18H. The number of benzene rings is 2. The van der Waals surface area contributed by atoms with E-state index in [1.165, 1.54) is 33.4 Å². The Kier molecular flexibility index (Phi) is 2.06. The molecule has 2 aliphatic carbocycles. The van der Waals surface area contributed by atoms with Gasteiger partial charge in [0, 0.05) is 10.0 Å². The third-order valence-electron chi connectivity index (χ3n) is 4.33. The normalized spacial score (nSPS) is 25.1. The van der Waals surface area contributed by atoms with Gasteiger partial charge in [0.15, 0.2) is 0 Å². The third-order valence-corrected chi connectivity index (χ3v) is 5.02. The summed E-state index contributed by atoms with van der Waals surface area (Å²) in [5.74, 6) is 0. The molecule has 2 aromatic rings. The first-order chi connectivity index (χ1) is 9.84. The molecule has 1 saturated heterocycles. The van der Waals surface area contributed by atoms with Gasteiger partial charge in [-0.15, -0.1) is 0 Å². The molecule has 0 N–H and O–H groups in total. The summed E-state index contributed by atoms with van der Waals surface area (Å²) in [6.07, 6.45) is 2.84. The Labute approximate surface area is 125 Å². The molecule has 0 aromatic heterocycles. The van der Waals surface area contributed by atoms with Crippen molar-refractivity contribution in [3.63, 3.8) is 0 Å². The highest BCUT2D eigenvalue weighted by molar-refractivity contribution is 9.10. The molecule has 2 aromatic carbocycles. The highest BCUT2D eigenvalue weighted by Gasteiger charge is 2.50. The molecule has 2 unspecified atom stereocenters. The number of halogens is 1. The second kappa shape index (κ2) is 3.72. The Morgan fingerprint density at radius 3 is 2.35 bits per heavy atom. The summed E-state index contributed by atoms with van der Waals surface area (Å²) in [6, 6.07) is 17.0. The molecule has 1 fully saturated rings. The van der Waals surface area contributed by atoms with Gasteiger partial charge < -0.3 is 4.74 Å². The fourth-order valence-corrected chi connectivity index (χ4v) is 3.87. The average Bonchev–Trinajstić information content (AvgIpc) is 3.20. The number of hydrogen-bond donors (Lipinski definition) is 0. The lowest BCUT2D eigenvalue weighted by atomic mass is 9.71. The van der Waals surface area contributed by atoms with E-state index in [1.807, 2.05) is 0 Å². The van der Waals surface area contributed by atoms with Crippen LogP contribution < -0.4 is 0 Å². The summed E-state index contributed by atoms with van der Waals surface area (Å²) in [5, 5.41) is 0. The summed E-state index contributed by atoms with van der Waals surface area (Å²) in [7, 11) is 0. The van der Waals surface area contributed by atoms with Crippen LogP contribution in [0.1, 0.15) is 16.7 Å². The molecule has 96 valence electrons. The number of allylic oxidation sites excluding steroid dienone is 2. The van der Waals surface area contributed by atoms with Gasteiger partial charge in [0.05, 0.1) is 0 Å². The summed E-state index contributed by atoms with van der Waals surface area (Å²) in [6.45, 7) is 0. The summed E-state index contributed by atoms with van der Waals surface area (Å²) in [4.78, 5) is 0. The van der Waals surface area contributed by atoms with Crippen molar-refractivity contribution in [3.05, 3.63) is 75.8 Å². The van der Waals surface area contributed by atoms with Gasteiger partial charge in [-0.3, -0.25) is 0 Å². The maximum absolute atomic E-state index is 5.81. The van der Waals surface area contributed by atoms with Crippen LogP contribution in [0.2, 0.25) is 0 Å². The molecule has 1 heterocycles. The number of rotatable bonds is 1. The lowest BCUT2D eigenvalue weighted by Gasteiger charge is -2.31. The van der Waals surface area contributed by atoms with Crippen molar-refractivity contribution >= 4 is 32.6 Å². The van der Waals surface area contributed by atoms with E-state index in [0.717, 1.165) is 4.47 Å². The summed E-state index contributed by atoms with van der Waals surface area (Å²) in [5.41, 5.74) is 8.07. The minimum atomic E-state index is 0.268. The van der Waals surface area contributed by atoms with Crippen LogP contribution in [0.3, 0.4) is 0 Å². The highest BCUT2D eigenvalue weighted by Crippen LogP contribution is 2.58. The predicted octanol–water partition coefficient (Wildman–Crippen LogP) is 4.54. The van der Waals surface area contributed by atoms with E-state index < -0.39 is 0 Å². The zero-order chi connectivity index (χ0) is 13.3. The van der Waals surface area contributed by atoms with E-state index in [1.54, 1.807) is 0 Å². The van der Waals surface area contributed by atoms with Gasteiger partial charge in [-0.05, 0) is 40.0 Å². The van der Waals surface area contributed by atoms with Crippen LogP contribution in [-0.4, -0.2) is 12.2 Å². The lowest BCUT2D eigenvalue weighted by Crippen LogP contribution is -2.17. The van der Waals surface area contributed by atoms with Crippen molar-refractivity contribution in [2.45, 2.75) is 12.2 Å². The van der Waals surface area contributed by atoms with Crippen molar-refractivity contribution in [2.75, 3.05) is 0 Å². The number of fused-ring (bicyclic) bond motifs is 5. The molecule has 0 amide bonds. The van der Waals surface area contributed by atoms with Gasteiger partial charge in [-0.1, -0.05) is 58.4 Å². The molecular formula is C18H11BrO. The van der Waals surface area contributed by atoms with Crippen LogP contribution in [0.15, 0.2) is 59.1 Å². The molecule has 0 radical (unpaired) electrons. The first-order valence-corrected chi connectivity index (χ1v) is 7.60. The van der Waals surface area contributed by atoms with E-state index >= 15 is 0 Å². The van der Waals surface area contributed by atoms with E-state index in [-0.39, 0.29) is 6.10 Å². The molecule has 0 spiro atoms. The third kappa shape index (κ3) is 1.31. The molecule has 2 heteroatoms. The van der Waals surface area contributed by atoms with Gasteiger partial charge in [-0.2, -0.15) is 0 Å². The Balaban J connectivity index is 1.74. The van der Waals surface area contributed by atoms with Crippen molar-refractivity contribution < 1.29 is 4.74 Å². The second-order valence-electron chi connectivity index (χ2n) is 5.42. The Bertz CT molecular complexity index is 816. The van der Waals surface area contributed by atoms with Gasteiger partial charge >= 0.3 is 0 Å². The van der Waals surface area contributed by atoms with Crippen molar-refractivity contribution in [1.82, 2.24) is 0 Å². The molecule has 3 aliphatic rings. The zero-order valence-electron chi connectivity index (χ0n) is 10.6. The topological polar surface area (TPSA) is 12.5 Å². The molecular weight excluding hydrogens is 312 g/mol. The average molecular weight is 323 g/mol. The maximum atomic E-state index is 5.81. The van der Waals surface area contributed by atoms with E-state index in [0.29, 0.717) is 6.10 Å².